The van der Waals surface area contributed by atoms with Crippen LogP contribution in [0.15, 0.2) is 42.0 Å². The van der Waals surface area contributed by atoms with Crippen molar-refractivity contribution in [3.8, 4) is 0 Å². The van der Waals surface area contributed by atoms with Gasteiger partial charge in [-0.1, -0.05) is 12.1 Å². The maximum absolute atomic E-state index is 4.25. The third-order valence-corrected chi connectivity index (χ3v) is 1.49. The summed E-state index contributed by atoms with van der Waals surface area (Å²) in [5.74, 6) is 0. The molecule has 2 heteroatoms. The molecule has 0 aromatic carbocycles. The highest BCUT2D eigenvalue weighted by Gasteiger charge is 1.94. The molecule has 0 N–H and O–H groups in total. The molecule has 0 fully saturated rings. The standard InChI is InChI=1S/C10H12N2/c1-3-7-11-9(2)10-6-4-5-8-12-10/h3-6,8H,1,7H2,2H3/b11-9+. The van der Waals surface area contributed by atoms with Crippen molar-refractivity contribution in [2.24, 2.45) is 4.99 Å². The second kappa shape index (κ2) is 4.44. The number of hydrogen-bond donors (Lipinski definition) is 0. The monoisotopic (exact) mass is 160 g/mol. The minimum absolute atomic E-state index is 0.655. The van der Waals surface area contributed by atoms with E-state index in [1.165, 1.54) is 0 Å². The molecule has 0 amide bonds. The van der Waals surface area contributed by atoms with Crippen molar-refractivity contribution in [1.29, 1.82) is 0 Å². The minimum Gasteiger partial charge on any atom is -0.284 e. The van der Waals surface area contributed by atoms with Gasteiger partial charge in [-0.05, 0) is 19.1 Å². The van der Waals surface area contributed by atoms with Gasteiger partial charge in [0.05, 0.1) is 18.0 Å². The van der Waals surface area contributed by atoms with Crippen LogP contribution in [0.4, 0.5) is 0 Å². The Hall–Kier alpha value is -1.44. The van der Waals surface area contributed by atoms with Gasteiger partial charge in [0, 0.05) is 6.20 Å². The second-order valence-corrected chi connectivity index (χ2v) is 2.43. The molecule has 0 aliphatic rings. The summed E-state index contributed by atoms with van der Waals surface area (Å²) < 4.78 is 0. The molecule has 0 bridgehead atoms. The molecule has 0 aliphatic carbocycles. The Morgan fingerprint density at radius 1 is 1.67 bits per heavy atom. The fraction of sp³-hybridized carbons (Fsp3) is 0.200. The molecular weight excluding hydrogens is 148 g/mol. The van der Waals surface area contributed by atoms with E-state index in [1.807, 2.05) is 25.1 Å². The molecule has 1 aromatic rings. The number of nitrogens with zero attached hydrogens (tertiary/aromatic N) is 2. The third kappa shape index (κ3) is 2.31. The van der Waals surface area contributed by atoms with Crippen molar-refractivity contribution >= 4 is 5.71 Å². The number of rotatable bonds is 3. The third-order valence-electron chi connectivity index (χ3n) is 1.49. The van der Waals surface area contributed by atoms with E-state index in [-0.39, 0.29) is 0 Å². The van der Waals surface area contributed by atoms with Crippen molar-refractivity contribution in [1.82, 2.24) is 4.98 Å². The zero-order valence-electron chi connectivity index (χ0n) is 7.20. The van der Waals surface area contributed by atoms with E-state index < -0.39 is 0 Å². The van der Waals surface area contributed by atoms with Gasteiger partial charge >= 0.3 is 0 Å². The summed E-state index contributed by atoms with van der Waals surface area (Å²) in [4.78, 5) is 8.42. The average molecular weight is 160 g/mol. The van der Waals surface area contributed by atoms with Gasteiger partial charge < -0.3 is 0 Å². The van der Waals surface area contributed by atoms with Gasteiger partial charge in [-0.15, -0.1) is 6.58 Å². The van der Waals surface area contributed by atoms with Crippen LogP contribution >= 0.6 is 0 Å². The Morgan fingerprint density at radius 2 is 2.50 bits per heavy atom. The van der Waals surface area contributed by atoms with Crippen LogP contribution in [0.2, 0.25) is 0 Å². The van der Waals surface area contributed by atoms with Gasteiger partial charge in [-0.25, -0.2) is 0 Å². The van der Waals surface area contributed by atoms with Crippen LogP contribution in [-0.2, 0) is 0 Å². The molecule has 12 heavy (non-hydrogen) atoms. The van der Waals surface area contributed by atoms with E-state index in [1.54, 1.807) is 12.3 Å². The predicted octanol–water partition coefficient (Wildman–Crippen LogP) is 2.08. The highest BCUT2D eigenvalue weighted by molar-refractivity contribution is 5.96. The Labute approximate surface area is 72.7 Å². The topological polar surface area (TPSA) is 25.2 Å². The molecule has 0 saturated carbocycles. The minimum atomic E-state index is 0.655. The lowest BCUT2D eigenvalue weighted by Crippen LogP contribution is -1.97. The van der Waals surface area contributed by atoms with Crippen LogP contribution in [-0.4, -0.2) is 17.2 Å². The molecule has 62 valence electrons. The summed E-state index contributed by atoms with van der Waals surface area (Å²) in [6.07, 6.45) is 3.54. The van der Waals surface area contributed by atoms with Crippen LogP contribution in [0.1, 0.15) is 12.6 Å². The lowest BCUT2D eigenvalue weighted by molar-refractivity contribution is 1.21. The summed E-state index contributed by atoms with van der Waals surface area (Å²) in [5, 5.41) is 0. The number of aliphatic imine (C=N–C) groups is 1. The number of aromatic nitrogens is 1. The van der Waals surface area contributed by atoms with E-state index in [0.717, 1.165) is 11.4 Å². The van der Waals surface area contributed by atoms with Crippen LogP contribution in [0.5, 0.6) is 0 Å². The molecule has 1 heterocycles. The Bertz CT molecular complexity index is 275. The van der Waals surface area contributed by atoms with Gasteiger partial charge in [-0.2, -0.15) is 0 Å². The van der Waals surface area contributed by atoms with Gasteiger partial charge in [0.25, 0.3) is 0 Å². The smallest absolute Gasteiger partial charge is 0.0837 e. The van der Waals surface area contributed by atoms with E-state index in [0.29, 0.717) is 6.54 Å². The summed E-state index contributed by atoms with van der Waals surface area (Å²) in [7, 11) is 0. The lowest BCUT2D eigenvalue weighted by atomic mass is 10.2. The van der Waals surface area contributed by atoms with Gasteiger partial charge in [0.15, 0.2) is 0 Å². The summed E-state index contributed by atoms with van der Waals surface area (Å²) >= 11 is 0. The van der Waals surface area contributed by atoms with E-state index in [9.17, 15) is 0 Å². The fourth-order valence-corrected chi connectivity index (χ4v) is 0.859. The Balaban J connectivity index is 2.77. The highest BCUT2D eigenvalue weighted by atomic mass is 14.8. The number of pyridine rings is 1. The Kier molecular flexibility index (Phi) is 3.20. The van der Waals surface area contributed by atoms with E-state index >= 15 is 0 Å². The van der Waals surface area contributed by atoms with Crippen molar-refractivity contribution in [2.75, 3.05) is 6.54 Å². The summed E-state index contributed by atoms with van der Waals surface area (Å²) in [6, 6.07) is 5.79. The first kappa shape index (κ1) is 8.65. The first-order chi connectivity index (χ1) is 5.84. The van der Waals surface area contributed by atoms with Gasteiger partial charge in [-0.3, -0.25) is 9.98 Å². The molecule has 2 nitrogen and oxygen atoms in total. The summed E-state index contributed by atoms with van der Waals surface area (Å²) in [5.41, 5.74) is 1.88. The normalized spacial score (nSPS) is 11.2. The first-order valence-corrected chi connectivity index (χ1v) is 3.88. The predicted molar refractivity (Wildman–Crippen MR) is 51.5 cm³/mol. The molecule has 0 radical (unpaired) electrons. The van der Waals surface area contributed by atoms with E-state index in [2.05, 4.69) is 16.6 Å². The average Bonchev–Trinajstić information content (AvgIpc) is 2.15. The molecule has 1 rings (SSSR count). The van der Waals surface area contributed by atoms with E-state index in [4.69, 9.17) is 0 Å². The quantitative estimate of drug-likeness (QED) is 0.491. The maximum atomic E-state index is 4.25. The molecule has 1 aromatic heterocycles. The molecule has 0 atom stereocenters. The van der Waals surface area contributed by atoms with Crippen LogP contribution in [0, 0.1) is 0 Å². The van der Waals surface area contributed by atoms with Crippen molar-refractivity contribution in [3.05, 3.63) is 42.7 Å². The molecule has 0 spiro atoms. The van der Waals surface area contributed by atoms with Crippen LogP contribution < -0.4 is 0 Å². The SMILES string of the molecule is C=CC/N=C(\C)c1ccccn1. The second-order valence-electron chi connectivity index (χ2n) is 2.43. The fourth-order valence-electron chi connectivity index (χ4n) is 0.859. The largest absolute Gasteiger partial charge is 0.284 e. The van der Waals surface area contributed by atoms with Crippen molar-refractivity contribution in [3.63, 3.8) is 0 Å². The number of hydrogen-bond acceptors (Lipinski definition) is 2. The van der Waals surface area contributed by atoms with Gasteiger partial charge in [0.2, 0.25) is 0 Å². The van der Waals surface area contributed by atoms with Crippen LogP contribution in [0.25, 0.3) is 0 Å². The van der Waals surface area contributed by atoms with Crippen LogP contribution in [0.3, 0.4) is 0 Å². The zero-order valence-corrected chi connectivity index (χ0v) is 7.20. The molecule has 0 aliphatic heterocycles. The maximum Gasteiger partial charge on any atom is 0.0837 e. The molecule has 0 unspecified atom stereocenters. The van der Waals surface area contributed by atoms with Crippen molar-refractivity contribution < 1.29 is 0 Å². The Morgan fingerprint density at radius 3 is 3.08 bits per heavy atom. The zero-order chi connectivity index (χ0) is 8.81. The van der Waals surface area contributed by atoms with Crippen molar-refractivity contribution in [2.45, 2.75) is 6.92 Å². The summed E-state index contributed by atoms with van der Waals surface area (Å²) in [6.45, 7) is 6.20. The molecule has 0 saturated heterocycles. The first-order valence-electron chi connectivity index (χ1n) is 3.88. The van der Waals surface area contributed by atoms with Gasteiger partial charge in [0.1, 0.15) is 0 Å². The lowest BCUT2D eigenvalue weighted by Gasteiger charge is -1.96. The molecular formula is C10H12N2. The highest BCUT2D eigenvalue weighted by Crippen LogP contribution is 1.95.